The van der Waals surface area contributed by atoms with Gasteiger partial charge in [-0.1, -0.05) is 6.42 Å². The van der Waals surface area contributed by atoms with Gasteiger partial charge in [0.1, 0.15) is 0 Å². The second-order valence-corrected chi connectivity index (χ2v) is 8.77. The summed E-state index contributed by atoms with van der Waals surface area (Å²) in [6, 6.07) is 0.548. The fraction of sp³-hybridized carbons (Fsp3) is 0.952. The van der Waals surface area contributed by atoms with E-state index in [0.717, 1.165) is 70.8 Å². The Morgan fingerprint density at radius 1 is 1.21 bits per heavy atom. The number of morpholine rings is 1. The number of ether oxygens (including phenoxy) is 2. The first-order chi connectivity index (χ1) is 13.2. The van der Waals surface area contributed by atoms with Crippen LogP contribution in [0.2, 0.25) is 0 Å². The molecule has 1 N–H and O–H groups in total. The predicted molar refractivity (Wildman–Crippen MR) is 124 cm³/mol. The number of nitrogens with one attached hydrogen (secondary N) is 1. The molecule has 0 bridgehead atoms. The van der Waals surface area contributed by atoms with Crippen LogP contribution in [0.5, 0.6) is 0 Å². The van der Waals surface area contributed by atoms with Gasteiger partial charge in [0.2, 0.25) is 0 Å². The topological polar surface area (TPSA) is 49.3 Å². The normalized spacial score (nSPS) is 32.6. The van der Waals surface area contributed by atoms with E-state index in [-0.39, 0.29) is 24.0 Å². The number of guanidine groups is 1. The maximum absolute atomic E-state index is 6.03. The zero-order valence-electron chi connectivity index (χ0n) is 17.7. The molecule has 0 aromatic heterocycles. The first-order valence-corrected chi connectivity index (χ1v) is 11.2. The van der Waals surface area contributed by atoms with Crippen molar-refractivity contribution in [2.24, 2.45) is 16.3 Å². The zero-order valence-corrected chi connectivity index (χ0v) is 20.0. The molecule has 28 heavy (non-hydrogen) atoms. The molecule has 0 aromatic rings. The Hall–Kier alpha value is -0.120. The average Bonchev–Trinajstić information content (AvgIpc) is 3.07. The number of aliphatic imine (C=N–C) groups is 1. The average molecular weight is 506 g/mol. The molecule has 2 aliphatic heterocycles. The monoisotopic (exact) mass is 506 g/mol. The summed E-state index contributed by atoms with van der Waals surface area (Å²) in [6.45, 7) is 13.4. The van der Waals surface area contributed by atoms with Gasteiger partial charge in [-0.3, -0.25) is 9.89 Å². The Kier molecular flexibility index (Phi) is 8.27. The highest BCUT2D eigenvalue weighted by Gasteiger charge is 2.59. The largest absolute Gasteiger partial charge is 0.379 e. The highest BCUT2D eigenvalue weighted by Crippen LogP contribution is 2.57. The molecule has 4 rings (SSSR count). The quantitative estimate of drug-likeness (QED) is 0.341. The molecule has 2 aliphatic carbocycles. The van der Waals surface area contributed by atoms with Gasteiger partial charge in [0, 0.05) is 57.3 Å². The van der Waals surface area contributed by atoms with Crippen LogP contribution in [0.15, 0.2) is 4.99 Å². The fourth-order valence-electron chi connectivity index (χ4n) is 5.51. The smallest absolute Gasteiger partial charge is 0.194 e. The third-order valence-corrected chi connectivity index (χ3v) is 7.25. The van der Waals surface area contributed by atoms with Crippen molar-refractivity contribution in [2.75, 3.05) is 59.1 Å². The minimum absolute atomic E-state index is 0. The van der Waals surface area contributed by atoms with Crippen LogP contribution in [0.3, 0.4) is 0 Å². The molecule has 4 fully saturated rings. The summed E-state index contributed by atoms with van der Waals surface area (Å²) in [7, 11) is 0. The van der Waals surface area contributed by atoms with Gasteiger partial charge >= 0.3 is 0 Å². The Balaban J connectivity index is 0.00000225. The molecule has 0 aromatic carbocycles. The third-order valence-electron chi connectivity index (χ3n) is 7.25. The first-order valence-electron chi connectivity index (χ1n) is 11.2. The van der Waals surface area contributed by atoms with E-state index in [1.807, 2.05) is 0 Å². The van der Waals surface area contributed by atoms with Gasteiger partial charge in [0.15, 0.2) is 5.96 Å². The second kappa shape index (κ2) is 10.3. The van der Waals surface area contributed by atoms with Crippen molar-refractivity contribution in [2.45, 2.75) is 58.1 Å². The van der Waals surface area contributed by atoms with Crippen LogP contribution in [0, 0.1) is 11.3 Å². The van der Waals surface area contributed by atoms with Gasteiger partial charge in [0.25, 0.3) is 0 Å². The Morgan fingerprint density at radius 2 is 2.00 bits per heavy atom. The molecule has 2 saturated heterocycles. The van der Waals surface area contributed by atoms with E-state index in [1.54, 1.807) is 0 Å². The maximum atomic E-state index is 6.03. The van der Waals surface area contributed by atoms with Gasteiger partial charge in [-0.25, -0.2) is 0 Å². The number of rotatable bonds is 6. The lowest BCUT2D eigenvalue weighted by molar-refractivity contribution is -0.168. The van der Waals surface area contributed by atoms with Gasteiger partial charge < -0.3 is 19.7 Å². The predicted octanol–water partition coefficient (Wildman–Crippen LogP) is 2.57. The summed E-state index contributed by atoms with van der Waals surface area (Å²) < 4.78 is 11.5. The van der Waals surface area contributed by atoms with Crippen molar-refractivity contribution in [3.05, 3.63) is 0 Å². The summed E-state index contributed by atoms with van der Waals surface area (Å²) in [5, 5.41) is 3.86. The maximum Gasteiger partial charge on any atom is 0.194 e. The van der Waals surface area contributed by atoms with Crippen LogP contribution in [-0.4, -0.2) is 87.0 Å². The molecular formula is C21H39IN4O2. The zero-order chi connectivity index (χ0) is 18.7. The molecule has 4 aliphatic rings. The lowest BCUT2D eigenvalue weighted by atomic mass is 9.51. The number of nitrogens with zero attached hydrogens (tertiary/aromatic N) is 3. The minimum atomic E-state index is 0. The van der Waals surface area contributed by atoms with Crippen LogP contribution < -0.4 is 5.32 Å². The van der Waals surface area contributed by atoms with Crippen molar-refractivity contribution in [3.63, 3.8) is 0 Å². The Bertz CT molecular complexity index is 523. The van der Waals surface area contributed by atoms with Crippen LogP contribution in [0.4, 0.5) is 0 Å². The van der Waals surface area contributed by atoms with Crippen molar-refractivity contribution >= 4 is 29.9 Å². The van der Waals surface area contributed by atoms with Gasteiger partial charge in [-0.15, -0.1) is 24.0 Å². The highest BCUT2D eigenvalue weighted by atomic mass is 127. The molecule has 6 nitrogen and oxygen atoms in total. The van der Waals surface area contributed by atoms with E-state index >= 15 is 0 Å². The second-order valence-electron chi connectivity index (χ2n) is 8.77. The van der Waals surface area contributed by atoms with Crippen molar-refractivity contribution in [3.8, 4) is 0 Å². The molecule has 3 atom stereocenters. The fourth-order valence-corrected chi connectivity index (χ4v) is 5.51. The lowest BCUT2D eigenvalue weighted by Crippen LogP contribution is -2.68. The molecule has 2 saturated carbocycles. The van der Waals surface area contributed by atoms with Crippen molar-refractivity contribution in [1.29, 1.82) is 0 Å². The van der Waals surface area contributed by atoms with E-state index < -0.39 is 0 Å². The summed E-state index contributed by atoms with van der Waals surface area (Å²) in [6.07, 6.45) is 6.86. The molecule has 3 unspecified atom stereocenters. The van der Waals surface area contributed by atoms with E-state index in [9.17, 15) is 0 Å². The highest BCUT2D eigenvalue weighted by molar-refractivity contribution is 14.0. The molecule has 162 valence electrons. The number of likely N-dealkylation sites (tertiary alicyclic amines) is 1. The summed E-state index contributed by atoms with van der Waals surface area (Å²) in [5.41, 5.74) is 0.386. The lowest BCUT2D eigenvalue weighted by Gasteiger charge is -2.61. The minimum Gasteiger partial charge on any atom is -0.379 e. The third kappa shape index (κ3) is 4.62. The molecule has 2 heterocycles. The standard InChI is InChI=1S/C21H38N4O2.HI/c1-3-22-20(23-18-14-19(27-4-2)21(18)7-5-8-21)25-9-6-17(16-25)15-24-10-12-26-13-11-24;/h17-19H,3-16H2,1-2H3,(H,22,23);1H. The summed E-state index contributed by atoms with van der Waals surface area (Å²) in [5.74, 6) is 1.90. The van der Waals surface area contributed by atoms with E-state index in [2.05, 4.69) is 29.0 Å². The van der Waals surface area contributed by atoms with Gasteiger partial charge in [0.05, 0.1) is 19.3 Å². The first kappa shape index (κ1) is 22.6. The number of hydrogen-bond acceptors (Lipinski definition) is 4. The van der Waals surface area contributed by atoms with Crippen molar-refractivity contribution < 1.29 is 9.47 Å². The Morgan fingerprint density at radius 3 is 2.64 bits per heavy atom. The van der Waals surface area contributed by atoms with E-state index in [0.29, 0.717) is 17.6 Å². The molecule has 1 spiro atoms. The SMILES string of the molecule is CCN=C(NC1CC(OCC)C12CCC2)N1CCC(CN2CCOCC2)C1.I. The summed E-state index contributed by atoms with van der Waals surface area (Å²) in [4.78, 5) is 9.94. The molecule has 7 heteroatoms. The van der Waals surface area contributed by atoms with Gasteiger partial charge in [-0.2, -0.15) is 0 Å². The van der Waals surface area contributed by atoms with Crippen LogP contribution in [0.1, 0.15) is 46.0 Å². The van der Waals surface area contributed by atoms with Crippen LogP contribution in [0.25, 0.3) is 0 Å². The molecule has 0 radical (unpaired) electrons. The molecular weight excluding hydrogens is 467 g/mol. The summed E-state index contributed by atoms with van der Waals surface area (Å²) >= 11 is 0. The molecule has 0 amide bonds. The van der Waals surface area contributed by atoms with Gasteiger partial charge in [-0.05, 0) is 45.4 Å². The van der Waals surface area contributed by atoms with Crippen LogP contribution in [-0.2, 0) is 9.47 Å². The Labute approximate surface area is 187 Å². The van der Waals surface area contributed by atoms with E-state index in [1.165, 1.54) is 32.2 Å². The number of halogens is 1. The van der Waals surface area contributed by atoms with Crippen LogP contribution >= 0.6 is 24.0 Å². The number of hydrogen-bond donors (Lipinski definition) is 1. The van der Waals surface area contributed by atoms with Crippen molar-refractivity contribution in [1.82, 2.24) is 15.1 Å². The van der Waals surface area contributed by atoms with E-state index in [4.69, 9.17) is 14.5 Å².